The Morgan fingerprint density at radius 3 is 2.91 bits per heavy atom. The largest absolute Gasteiger partial charge is 0.496 e. The van der Waals surface area contributed by atoms with E-state index >= 15 is 0 Å². The van der Waals surface area contributed by atoms with Gasteiger partial charge in [-0.25, -0.2) is 0 Å². The van der Waals surface area contributed by atoms with Crippen LogP contribution < -0.4 is 10.1 Å². The molecule has 2 heterocycles. The third kappa shape index (κ3) is 3.15. The van der Waals surface area contributed by atoms with Crippen molar-refractivity contribution in [3.8, 4) is 5.75 Å². The molecule has 3 rings (SSSR count). The molecule has 1 N–H and O–H groups in total. The number of carbonyl (C=O) groups is 1. The van der Waals surface area contributed by atoms with E-state index in [1.807, 2.05) is 24.3 Å². The minimum Gasteiger partial charge on any atom is -0.496 e. The van der Waals surface area contributed by atoms with Gasteiger partial charge in [0.25, 0.3) is 5.91 Å². The molecule has 1 amide bonds. The zero-order valence-corrected chi connectivity index (χ0v) is 12.6. The molecule has 0 bridgehead atoms. The van der Waals surface area contributed by atoms with Crippen molar-refractivity contribution in [1.82, 2.24) is 10.2 Å². The summed E-state index contributed by atoms with van der Waals surface area (Å²) in [6, 6.07) is 11.0. The second-order valence-electron chi connectivity index (χ2n) is 4.42. The molecule has 6 nitrogen and oxygen atoms in total. The maximum Gasteiger partial charge on any atom is 0.293 e. The highest BCUT2D eigenvalue weighted by Gasteiger charge is 2.13. The maximum atomic E-state index is 11.9. The van der Waals surface area contributed by atoms with Gasteiger partial charge in [0.2, 0.25) is 5.13 Å². The molecule has 0 aliphatic heterocycles. The maximum absolute atomic E-state index is 11.9. The summed E-state index contributed by atoms with van der Waals surface area (Å²) in [5.74, 6) is 0.699. The summed E-state index contributed by atoms with van der Waals surface area (Å²) in [5, 5.41) is 11.9. The summed E-state index contributed by atoms with van der Waals surface area (Å²) in [5.41, 5.74) is 1.02. The van der Waals surface area contributed by atoms with Crippen molar-refractivity contribution >= 4 is 22.4 Å². The normalized spacial score (nSPS) is 10.4. The van der Waals surface area contributed by atoms with Crippen molar-refractivity contribution in [3.05, 3.63) is 59.0 Å². The van der Waals surface area contributed by atoms with E-state index < -0.39 is 0 Å². The van der Waals surface area contributed by atoms with Crippen molar-refractivity contribution in [1.29, 1.82) is 0 Å². The lowest BCUT2D eigenvalue weighted by molar-refractivity contribution is 0.0996. The van der Waals surface area contributed by atoms with Gasteiger partial charge in [0.15, 0.2) is 5.76 Å². The quantitative estimate of drug-likeness (QED) is 0.783. The van der Waals surface area contributed by atoms with Crippen molar-refractivity contribution in [2.45, 2.75) is 6.42 Å². The van der Waals surface area contributed by atoms with Gasteiger partial charge in [-0.1, -0.05) is 29.5 Å². The molecule has 3 aromatic rings. The van der Waals surface area contributed by atoms with E-state index in [9.17, 15) is 4.79 Å². The highest BCUT2D eigenvalue weighted by molar-refractivity contribution is 7.15. The average Bonchev–Trinajstić information content (AvgIpc) is 3.20. The fourth-order valence-electron chi connectivity index (χ4n) is 1.95. The molecule has 22 heavy (non-hydrogen) atoms. The number of rotatable bonds is 5. The van der Waals surface area contributed by atoms with Crippen LogP contribution >= 0.6 is 11.3 Å². The number of benzene rings is 1. The molecule has 0 spiro atoms. The van der Waals surface area contributed by atoms with E-state index in [1.54, 1.807) is 19.2 Å². The molecular formula is C15H13N3O3S. The predicted octanol–water partition coefficient (Wildman–Crippen LogP) is 2.98. The Kier molecular flexibility index (Phi) is 4.15. The number of nitrogens with zero attached hydrogens (tertiary/aromatic N) is 2. The Morgan fingerprint density at radius 2 is 2.14 bits per heavy atom. The monoisotopic (exact) mass is 315 g/mol. The number of methoxy groups -OCH3 is 1. The van der Waals surface area contributed by atoms with Crippen LogP contribution in [-0.4, -0.2) is 23.2 Å². The van der Waals surface area contributed by atoms with Gasteiger partial charge in [0.05, 0.1) is 13.4 Å². The highest BCUT2D eigenvalue weighted by atomic mass is 32.1. The lowest BCUT2D eigenvalue weighted by Gasteiger charge is -2.05. The molecule has 7 heteroatoms. The smallest absolute Gasteiger partial charge is 0.293 e. The molecule has 2 aromatic heterocycles. The van der Waals surface area contributed by atoms with Crippen LogP contribution in [0.15, 0.2) is 47.1 Å². The van der Waals surface area contributed by atoms with Gasteiger partial charge in [-0.15, -0.1) is 10.2 Å². The first-order valence-electron chi connectivity index (χ1n) is 6.55. The molecule has 0 aliphatic carbocycles. The Labute approximate surface area is 130 Å². The number of para-hydroxylation sites is 1. The zero-order chi connectivity index (χ0) is 15.4. The Balaban J connectivity index is 1.70. The van der Waals surface area contributed by atoms with Crippen molar-refractivity contribution in [2.75, 3.05) is 12.4 Å². The number of furan rings is 1. The van der Waals surface area contributed by atoms with Gasteiger partial charge in [-0.05, 0) is 18.2 Å². The van der Waals surface area contributed by atoms with Gasteiger partial charge in [-0.3, -0.25) is 10.1 Å². The number of nitrogens with one attached hydrogen (secondary N) is 1. The van der Waals surface area contributed by atoms with Gasteiger partial charge in [-0.2, -0.15) is 0 Å². The summed E-state index contributed by atoms with van der Waals surface area (Å²) in [6.45, 7) is 0. The minimum atomic E-state index is -0.343. The summed E-state index contributed by atoms with van der Waals surface area (Å²) in [7, 11) is 1.63. The molecule has 0 radical (unpaired) electrons. The molecule has 0 fully saturated rings. The summed E-state index contributed by atoms with van der Waals surface area (Å²) in [6.07, 6.45) is 2.04. The van der Waals surface area contributed by atoms with E-state index in [1.165, 1.54) is 17.6 Å². The number of carbonyl (C=O) groups excluding carboxylic acids is 1. The fourth-order valence-corrected chi connectivity index (χ4v) is 2.71. The molecular weight excluding hydrogens is 302 g/mol. The Morgan fingerprint density at radius 1 is 1.27 bits per heavy atom. The number of anilines is 1. The van der Waals surface area contributed by atoms with Gasteiger partial charge in [0.1, 0.15) is 10.8 Å². The molecule has 1 aromatic carbocycles. The molecule has 0 aliphatic rings. The van der Waals surface area contributed by atoms with Crippen LogP contribution in [0.1, 0.15) is 21.1 Å². The first kappa shape index (κ1) is 14.3. The first-order valence-corrected chi connectivity index (χ1v) is 7.37. The van der Waals surface area contributed by atoms with E-state index in [4.69, 9.17) is 9.15 Å². The molecule has 0 atom stereocenters. The lowest BCUT2D eigenvalue weighted by Crippen LogP contribution is -2.10. The molecule has 0 unspecified atom stereocenters. The van der Waals surface area contributed by atoms with E-state index in [-0.39, 0.29) is 11.7 Å². The van der Waals surface area contributed by atoms with Crippen molar-refractivity contribution in [2.24, 2.45) is 0 Å². The van der Waals surface area contributed by atoms with E-state index in [2.05, 4.69) is 15.5 Å². The number of ether oxygens (including phenoxy) is 1. The minimum absolute atomic E-state index is 0.237. The lowest BCUT2D eigenvalue weighted by atomic mass is 10.1. The van der Waals surface area contributed by atoms with Crippen LogP contribution in [0.5, 0.6) is 5.75 Å². The Bertz CT molecular complexity index is 768. The van der Waals surface area contributed by atoms with Crippen LogP contribution in [0.3, 0.4) is 0 Å². The van der Waals surface area contributed by atoms with Crippen molar-refractivity contribution < 1.29 is 13.9 Å². The number of hydrogen-bond acceptors (Lipinski definition) is 6. The third-order valence-electron chi connectivity index (χ3n) is 2.97. The fraction of sp³-hybridized carbons (Fsp3) is 0.133. The summed E-state index contributed by atoms with van der Waals surface area (Å²) in [4.78, 5) is 11.9. The molecule has 112 valence electrons. The number of hydrogen-bond donors (Lipinski definition) is 1. The second kappa shape index (κ2) is 6.40. The first-order chi connectivity index (χ1) is 10.8. The predicted molar refractivity (Wildman–Crippen MR) is 82.4 cm³/mol. The Hall–Kier alpha value is -2.67. The zero-order valence-electron chi connectivity index (χ0n) is 11.8. The SMILES string of the molecule is COc1ccccc1Cc1nnc(NC(=O)c2ccco2)s1. The van der Waals surface area contributed by atoms with Crippen molar-refractivity contribution in [3.63, 3.8) is 0 Å². The van der Waals surface area contributed by atoms with Crippen LogP contribution in [0, 0.1) is 0 Å². The topological polar surface area (TPSA) is 77.3 Å². The average molecular weight is 315 g/mol. The van der Waals surface area contributed by atoms with E-state index in [0.717, 1.165) is 16.3 Å². The van der Waals surface area contributed by atoms with Gasteiger partial charge in [0, 0.05) is 12.0 Å². The van der Waals surface area contributed by atoms with Gasteiger partial charge < -0.3 is 9.15 Å². The summed E-state index contributed by atoms with van der Waals surface area (Å²) >= 11 is 1.32. The summed E-state index contributed by atoms with van der Waals surface area (Å²) < 4.78 is 10.3. The molecule has 0 saturated heterocycles. The standard InChI is InChI=1S/C15H13N3O3S/c1-20-11-6-3-2-5-10(11)9-13-17-18-15(22-13)16-14(19)12-7-4-8-21-12/h2-8H,9H2,1H3,(H,16,18,19). The third-order valence-corrected chi connectivity index (χ3v) is 3.81. The van der Waals surface area contributed by atoms with Gasteiger partial charge >= 0.3 is 0 Å². The van der Waals surface area contributed by atoms with Crippen LogP contribution in [0.2, 0.25) is 0 Å². The number of aromatic nitrogens is 2. The highest BCUT2D eigenvalue weighted by Crippen LogP contribution is 2.24. The van der Waals surface area contributed by atoms with Crippen LogP contribution in [0.4, 0.5) is 5.13 Å². The van der Waals surface area contributed by atoms with Crippen LogP contribution in [-0.2, 0) is 6.42 Å². The molecule has 0 saturated carbocycles. The van der Waals surface area contributed by atoms with E-state index in [0.29, 0.717) is 11.6 Å². The van der Waals surface area contributed by atoms with Crippen LogP contribution in [0.25, 0.3) is 0 Å². The second-order valence-corrected chi connectivity index (χ2v) is 5.48. The number of amides is 1.